The maximum absolute atomic E-state index is 5.61. The number of rotatable bonds is 1. The van der Waals surface area contributed by atoms with E-state index >= 15 is 0 Å². The van der Waals surface area contributed by atoms with Crippen LogP contribution in [0, 0.1) is 0 Å². The molecule has 0 bridgehead atoms. The van der Waals surface area contributed by atoms with Gasteiger partial charge in [0.15, 0.2) is 0 Å². The van der Waals surface area contributed by atoms with E-state index in [-0.39, 0.29) is 6.10 Å². The highest BCUT2D eigenvalue weighted by molar-refractivity contribution is 4.91. The quantitative estimate of drug-likeness (QED) is 0.580. The largest absolute Gasteiger partial charge is 0.468 e. The van der Waals surface area contributed by atoms with Gasteiger partial charge >= 0.3 is 0 Å². The fourth-order valence-corrected chi connectivity index (χ4v) is 1.31. The molecule has 0 amide bonds. The van der Waals surface area contributed by atoms with E-state index in [0.717, 1.165) is 18.6 Å². The molecule has 0 N–H and O–H groups in total. The van der Waals surface area contributed by atoms with E-state index in [9.17, 15) is 0 Å². The Labute approximate surface area is 68.2 Å². The van der Waals surface area contributed by atoms with Gasteiger partial charge in [0.25, 0.3) is 0 Å². The van der Waals surface area contributed by atoms with Gasteiger partial charge < -0.3 is 9.47 Å². The third kappa shape index (κ3) is 1.96. The standard InChI is InChI=1S/C9H16O2/c1-5-9(4)10-7(2)6-8(3)11-9/h8H,2,5-6H2,1,3-4H3. The zero-order valence-electron chi connectivity index (χ0n) is 7.52. The number of hydrogen-bond donors (Lipinski definition) is 0. The zero-order valence-corrected chi connectivity index (χ0v) is 7.52. The molecule has 1 saturated heterocycles. The highest BCUT2D eigenvalue weighted by atomic mass is 16.7. The van der Waals surface area contributed by atoms with E-state index in [0.29, 0.717) is 0 Å². The van der Waals surface area contributed by atoms with E-state index in [4.69, 9.17) is 9.47 Å². The highest BCUT2D eigenvalue weighted by Crippen LogP contribution is 2.30. The van der Waals surface area contributed by atoms with Gasteiger partial charge in [0, 0.05) is 19.8 Å². The maximum atomic E-state index is 5.61. The van der Waals surface area contributed by atoms with Crippen molar-refractivity contribution in [3.8, 4) is 0 Å². The summed E-state index contributed by atoms with van der Waals surface area (Å²) in [6.45, 7) is 9.85. The van der Waals surface area contributed by atoms with Gasteiger partial charge in [0.05, 0.1) is 11.9 Å². The molecule has 1 fully saturated rings. The van der Waals surface area contributed by atoms with Gasteiger partial charge in [-0.25, -0.2) is 0 Å². The third-order valence-corrected chi connectivity index (χ3v) is 1.97. The molecular weight excluding hydrogens is 140 g/mol. The Kier molecular flexibility index (Phi) is 2.23. The van der Waals surface area contributed by atoms with Crippen LogP contribution in [0.1, 0.15) is 33.6 Å². The second kappa shape index (κ2) is 2.86. The van der Waals surface area contributed by atoms with Crippen molar-refractivity contribution in [2.24, 2.45) is 0 Å². The van der Waals surface area contributed by atoms with Gasteiger partial charge in [-0.1, -0.05) is 13.5 Å². The monoisotopic (exact) mass is 156 g/mol. The van der Waals surface area contributed by atoms with Crippen molar-refractivity contribution in [3.63, 3.8) is 0 Å². The number of ether oxygens (including phenoxy) is 2. The minimum absolute atomic E-state index is 0.237. The number of hydrogen-bond acceptors (Lipinski definition) is 2. The summed E-state index contributed by atoms with van der Waals surface area (Å²) in [7, 11) is 0. The van der Waals surface area contributed by atoms with E-state index in [1.165, 1.54) is 0 Å². The molecule has 0 spiro atoms. The lowest BCUT2D eigenvalue weighted by atomic mass is 10.1. The van der Waals surface area contributed by atoms with Crippen LogP contribution in [0.2, 0.25) is 0 Å². The van der Waals surface area contributed by atoms with E-state index in [1.54, 1.807) is 0 Å². The Hall–Kier alpha value is -0.500. The van der Waals surface area contributed by atoms with Crippen molar-refractivity contribution in [1.29, 1.82) is 0 Å². The van der Waals surface area contributed by atoms with Crippen LogP contribution >= 0.6 is 0 Å². The molecule has 1 rings (SSSR count). The highest BCUT2D eigenvalue weighted by Gasteiger charge is 2.32. The Bertz CT molecular complexity index is 165. The molecule has 0 radical (unpaired) electrons. The van der Waals surface area contributed by atoms with Crippen molar-refractivity contribution < 1.29 is 9.47 Å². The average molecular weight is 156 g/mol. The summed E-state index contributed by atoms with van der Waals surface area (Å²) in [6.07, 6.45) is 1.91. The summed E-state index contributed by atoms with van der Waals surface area (Å²) in [5, 5.41) is 0. The maximum Gasteiger partial charge on any atom is 0.207 e. The van der Waals surface area contributed by atoms with Gasteiger partial charge in [0.1, 0.15) is 0 Å². The van der Waals surface area contributed by atoms with Crippen LogP contribution in [0.4, 0.5) is 0 Å². The minimum atomic E-state index is -0.436. The smallest absolute Gasteiger partial charge is 0.207 e. The first-order valence-corrected chi connectivity index (χ1v) is 4.10. The molecule has 2 nitrogen and oxygen atoms in total. The molecule has 2 unspecified atom stereocenters. The second-order valence-corrected chi connectivity index (χ2v) is 3.26. The Morgan fingerprint density at radius 2 is 2.36 bits per heavy atom. The van der Waals surface area contributed by atoms with Crippen LogP contribution in [0.5, 0.6) is 0 Å². The van der Waals surface area contributed by atoms with Gasteiger partial charge in [-0.15, -0.1) is 0 Å². The predicted octanol–water partition coefficient (Wildman–Crippen LogP) is 2.45. The molecule has 1 heterocycles. The van der Waals surface area contributed by atoms with Crippen molar-refractivity contribution in [3.05, 3.63) is 12.3 Å². The molecule has 0 aliphatic carbocycles. The molecule has 2 atom stereocenters. The summed E-state index contributed by atoms with van der Waals surface area (Å²) in [4.78, 5) is 0. The summed E-state index contributed by atoms with van der Waals surface area (Å²) in [6, 6.07) is 0. The van der Waals surface area contributed by atoms with Crippen molar-refractivity contribution >= 4 is 0 Å². The first-order chi connectivity index (χ1) is 5.06. The lowest BCUT2D eigenvalue weighted by Crippen LogP contribution is -2.39. The Morgan fingerprint density at radius 3 is 2.82 bits per heavy atom. The molecule has 11 heavy (non-hydrogen) atoms. The lowest BCUT2D eigenvalue weighted by molar-refractivity contribution is -0.255. The molecule has 64 valence electrons. The van der Waals surface area contributed by atoms with Crippen LogP contribution in [0.15, 0.2) is 12.3 Å². The molecule has 0 aromatic heterocycles. The molecule has 1 aliphatic heterocycles. The summed E-state index contributed by atoms with van der Waals surface area (Å²) >= 11 is 0. The second-order valence-electron chi connectivity index (χ2n) is 3.26. The van der Waals surface area contributed by atoms with Crippen LogP contribution < -0.4 is 0 Å². The fraction of sp³-hybridized carbons (Fsp3) is 0.778. The molecule has 0 aromatic carbocycles. The molecule has 2 heteroatoms. The van der Waals surface area contributed by atoms with Crippen LogP contribution in [-0.2, 0) is 9.47 Å². The van der Waals surface area contributed by atoms with E-state index in [1.807, 2.05) is 20.8 Å². The van der Waals surface area contributed by atoms with Gasteiger partial charge in [0.2, 0.25) is 5.79 Å². The fourth-order valence-electron chi connectivity index (χ4n) is 1.31. The molecule has 0 aromatic rings. The minimum Gasteiger partial charge on any atom is -0.468 e. The van der Waals surface area contributed by atoms with Crippen LogP contribution in [0.25, 0.3) is 0 Å². The lowest BCUT2D eigenvalue weighted by Gasteiger charge is -2.38. The first-order valence-electron chi connectivity index (χ1n) is 4.10. The molecular formula is C9H16O2. The van der Waals surface area contributed by atoms with Crippen LogP contribution in [0.3, 0.4) is 0 Å². The Balaban J connectivity index is 2.62. The normalized spacial score (nSPS) is 38.5. The van der Waals surface area contributed by atoms with Crippen molar-refractivity contribution in [2.45, 2.75) is 45.5 Å². The summed E-state index contributed by atoms with van der Waals surface area (Å²) in [5.41, 5.74) is 0. The van der Waals surface area contributed by atoms with Gasteiger partial charge in [-0.05, 0) is 6.92 Å². The van der Waals surface area contributed by atoms with E-state index < -0.39 is 5.79 Å². The molecule has 1 aliphatic rings. The van der Waals surface area contributed by atoms with Crippen molar-refractivity contribution in [2.75, 3.05) is 0 Å². The predicted molar refractivity (Wildman–Crippen MR) is 44.1 cm³/mol. The van der Waals surface area contributed by atoms with Crippen LogP contribution in [-0.4, -0.2) is 11.9 Å². The Morgan fingerprint density at radius 1 is 1.73 bits per heavy atom. The van der Waals surface area contributed by atoms with Gasteiger partial charge in [-0.3, -0.25) is 0 Å². The van der Waals surface area contributed by atoms with Crippen molar-refractivity contribution in [1.82, 2.24) is 0 Å². The SMILES string of the molecule is C=C1CC(C)OC(C)(CC)O1. The van der Waals surface area contributed by atoms with Gasteiger partial charge in [-0.2, -0.15) is 0 Å². The zero-order chi connectivity index (χ0) is 8.48. The summed E-state index contributed by atoms with van der Waals surface area (Å²) in [5.74, 6) is 0.405. The molecule has 0 saturated carbocycles. The summed E-state index contributed by atoms with van der Waals surface area (Å²) < 4.78 is 11.1. The average Bonchev–Trinajstić information content (AvgIpc) is 1.84. The topological polar surface area (TPSA) is 18.5 Å². The third-order valence-electron chi connectivity index (χ3n) is 1.97. The first kappa shape index (κ1) is 8.60. The van der Waals surface area contributed by atoms with E-state index in [2.05, 4.69) is 6.58 Å².